The van der Waals surface area contributed by atoms with Crippen LogP contribution in [0.2, 0.25) is 0 Å². The average molecular weight is 381 g/mol. The van der Waals surface area contributed by atoms with Gasteiger partial charge in [0.2, 0.25) is 5.43 Å². The summed E-state index contributed by atoms with van der Waals surface area (Å²) in [5.41, 5.74) is 5.76. The van der Waals surface area contributed by atoms with E-state index in [1.54, 1.807) is 30.0 Å². The molecular weight excluding hydrogens is 359 g/mol. The number of carbonyl (C=O) groups excluding carboxylic acids is 1. The molecule has 6 nitrogen and oxygen atoms in total. The monoisotopic (exact) mass is 380 g/mol. The van der Waals surface area contributed by atoms with Crippen molar-refractivity contribution in [2.24, 2.45) is 5.73 Å². The van der Waals surface area contributed by atoms with Crippen LogP contribution in [0, 0.1) is 12.7 Å². The van der Waals surface area contributed by atoms with Crippen molar-refractivity contribution in [1.82, 2.24) is 14.7 Å². The van der Waals surface area contributed by atoms with E-state index in [9.17, 15) is 14.0 Å². The second-order valence-electron chi connectivity index (χ2n) is 6.25. The fourth-order valence-corrected chi connectivity index (χ4v) is 3.21. The predicted molar refractivity (Wildman–Crippen MR) is 99.5 cm³/mol. The van der Waals surface area contributed by atoms with E-state index in [2.05, 4.69) is 5.10 Å². The number of halogens is 2. The Hall–Kier alpha value is -2.25. The molecule has 140 valence electrons. The van der Waals surface area contributed by atoms with E-state index < -0.39 is 17.2 Å². The van der Waals surface area contributed by atoms with Crippen LogP contribution in [0.5, 0.6) is 0 Å². The molecule has 2 heterocycles. The van der Waals surface area contributed by atoms with Crippen LogP contribution >= 0.6 is 12.4 Å². The van der Waals surface area contributed by atoms with Crippen molar-refractivity contribution in [2.75, 3.05) is 13.1 Å². The SMILES string of the molecule is Cc1cc(=O)c(C(=O)N2CCCCC2CN)nn1-c1ccccc1F.Cl. The topological polar surface area (TPSA) is 81.2 Å². The first-order valence-corrected chi connectivity index (χ1v) is 8.40. The number of carbonyl (C=O) groups is 1. The maximum atomic E-state index is 14.1. The van der Waals surface area contributed by atoms with Crippen LogP contribution in [0.1, 0.15) is 35.4 Å². The quantitative estimate of drug-likeness (QED) is 0.883. The molecule has 2 aromatic rings. The van der Waals surface area contributed by atoms with Crippen LogP contribution < -0.4 is 11.2 Å². The molecule has 1 atom stereocenters. The molecule has 0 radical (unpaired) electrons. The maximum absolute atomic E-state index is 14.1. The number of nitrogens with two attached hydrogens (primary N) is 1. The summed E-state index contributed by atoms with van der Waals surface area (Å²) in [6.45, 7) is 2.55. The van der Waals surface area contributed by atoms with E-state index in [0.717, 1.165) is 19.3 Å². The standard InChI is InChI=1S/C18H21FN4O2.ClH/c1-12-10-16(24)17(18(25)22-9-5-4-6-13(22)11-20)21-23(12)15-8-3-2-7-14(15)19;/h2-3,7-8,10,13H,4-6,9,11,20H2,1H3;1H. The van der Waals surface area contributed by atoms with Crippen molar-refractivity contribution >= 4 is 18.3 Å². The number of hydrogen-bond donors (Lipinski definition) is 1. The predicted octanol–water partition coefficient (Wildman–Crippen LogP) is 2.06. The molecule has 1 aliphatic rings. The van der Waals surface area contributed by atoms with E-state index >= 15 is 0 Å². The Bertz CT molecular complexity index is 855. The van der Waals surface area contributed by atoms with Gasteiger partial charge in [-0.2, -0.15) is 5.10 Å². The van der Waals surface area contributed by atoms with Crippen LogP contribution in [0.4, 0.5) is 4.39 Å². The highest BCUT2D eigenvalue weighted by atomic mass is 35.5. The Balaban J connectivity index is 0.00000243. The van der Waals surface area contributed by atoms with E-state index in [0.29, 0.717) is 18.8 Å². The van der Waals surface area contributed by atoms with Crippen molar-refractivity contribution in [2.45, 2.75) is 32.2 Å². The number of aromatic nitrogens is 2. The summed E-state index contributed by atoms with van der Waals surface area (Å²) in [4.78, 5) is 26.8. The number of aryl methyl sites for hydroxylation is 1. The molecular formula is C18H22ClFN4O2. The van der Waals surface area contributed by atoms with Crippen molar-refractivity contribution in [3.63, 3.8) is 0 Å². The molecule has 26 heavy (non-hydrogen) atoms. The molecule has 0 saturated carbocycles. The van der Waals surface area contributed by atoms with Gasteiger partial charge in [-0.1, -0.05) is 12.1 Å². The van der Waals surface area contributed by atoms with Crippen molar-refractivity contribution < 1.29 is 9.18 Å². The third-order valence-corrected chi connectivity index (χ3v) is 4.55. The molecule has 1 fully saturated rings. The molecule has 1 amide bonds. The lowest BCUT2D eigenvalue weighted by atomic mass is 10.0. The number of piperidine rings is 1. The first kappa shape index (κ1) is 20.1. The van der Waals surface area contributed by atoms with Gasteiger partial charge in [0.25, 0.3) is 5.91 Å². The normalized spacial score (nSPS) is 16.9. The summed E-state index contributed by atoms with van der Waals surface area (Å²) in [5, 5.41) is 4.18. The fourth-order valence-electron chi connectivity index (χ4n) is 3.21. The summed E-state index contributed by atoms with van der Waals surface area (Å²) in [7, 11) is 0. The lowest BCUT2D eigenvalue weighted by Crippen LogP contribution is -2.49. The number of amides is 1. The van der Waals surface area contributed by atoms with E-state index in [-0.39, 0.29) is 29.8 Å². The summed E-state index contributed by atoms with van der Waals surface area (Å²) in [5.74, 6) is -0.914. The Morgan fingerprint density at radius 3 is 2.77 bits per heavy atom. The van der Waals surface area contributed by atoms with Crippen LogP contribution in [0.25, 0.3) is 5.69 Å². The number of para-hydroxylation sites is 1. The largest absolute Gasteiger partial charge is 0.333 e. The molecule has 2 N–H and O–H groups in total. The van der Waals surface area contributed by atoms with Gasteiger partial charge in [0, 0.05) is 30.9 Å². The number of benzene rings is 1. The van der Waals surface area contributed by atoms with Crippen LogP contribution in [-0.4, -0.2) is 39.7 Å². The zero-order valence-electron chi connectivity index (χ0n) is 14.5. The Labute approximate surface area is 157 Å². The lowest BCUT2D eigenvalue weighted by Gasteiger charge is -2.34. The Kier molecular flexibility index (Phi) is 6.50. The third-order valence-electron chi connectivity index (χ3n) is 4.55. The molecule has 0 bridgehead atoms. The van der Waals surface area contributed by atoms with E-state index in [1.807, 2.05) is 0 Å². The van der Waals surface area contributed by atoms with Gasteiger partial charge < -0.3 is 10.6 Å². The maximum Gasteiger partial charge on any atom is 0.278 e. The van der Waals surface area contributed by atoms with Crippen molar-refractivity contribution in [3.05, 3.63) is 57.8 Å². The number of hydrogen-bond acceptors (Lipinski definition) is 4. The summed E-state index contributed by atoms with van der Waals surface area (Å²) in [6.07, 6.45) is 2.69. The second kappa shape index (κ2) is 8.42. The molecule has 1 aliphatic heterocycles. The van der Waals surface area contributed by atoms with Gasteiger partial charge in [0.1, 0.15) is 11.5 Å². The first-order chi connectivity index (χ1) is 12.0. The van der Waals surface area contributed by atoms with Crippen LogP contribution in [-0.2, 0) is 0 Å². The molecule has 8 heteroatoms. The van der Waals surface area contributed by atoms with Gasteiger partial charge in [-0.25, -0.2) is 9.07 Å². The molecule has 1 saturated heterocycles. The Morgan fingerprint density at radius 1 is 1.35 bits per heavy atom. The van der Waals surface area contributed by atoms with Gasteiger partial charge >= 0.3 is 0 Å². The van der Waals surface area contributed by atoms with Crippen molar-refractivity contribution in [3.8, 4) is 5.69 Å². The molecule has 3 rings (SSSR count). The Morgan fingerprint density at radius 2 is 2.08 bits per heavy atom. The molecule has 1 unspecified atom stereocenters. The highest BCUT2D eigenvalue weighted by Crippen LogP contribution is 2.18. The van der Waals surface area contributed by atoms with E-state index in [4.69, 9.17) is 5.73 Å². The first-order valence-electron chi connectivity index (χ1n) is 8.40. The van der Waals surface area contributed by atoms with Gasteiger partial charge in [-0.3, -0.25) is 9.59 Å². The highest BCUT2D eigenvalue weighted by Gasteiger charge is 2.29. The smallest absolute Gasteiger partial charge is 0.278 e. The molecule has 0 spiro atoms. The minimum atomic E-state index is -0.474. The summed E-state index contributed by atoms with van der Waals surface area (Å²) >= 11 is 0. The highest BCUT2D eigenvalue weighted by molar-refractivity contribution is 5.92. The number of rotatable bonds is 3. The lowest BCUT2D eigenvalue weighted by molar-refractivity contribution is 0.0613. The second-order valence-corrected chi connectivity index (χ2v) is 6.25. The number of nitrogens with zero attached hydrogens (tertiary/aromatic N) is 3. The zero-order chi connectivity index (χ0) is 18.0. The fraction of sp³-hybridized carbons (Fsp3) is 0.389. The van der Waals surface area contributed by atoms with Gasteiger partial charge in [0.05, 0.1) is 0 Å². The summed E-state index contributed by atoms with van der Waals surface area (Å²) < 4.78 is 15.4. The average Bonchev–Trinajstić information content (AvgIpc) is 2.62. The van der Waals surface area contributed by atoms with Gasteiger partial charge in [-0.05, 0) is 38.3 Å². The molecule has 1 aromatic heterocycles. The van der Waals surface area contributed by atoms with Crippen LogP contribution in [0.3, 0.4) is 0 Å². The minimum absolute atomic E-state index is 0. The minimum Gasteiger partial charge on any atom is -0.333 e. The third kappa shape index (κ3) is 3.78. The van der Waals surface area contributed by atoms with Gasteiger partial charge in [0.15, 0.2) is 5.69 Å². The van der Waals surface area contributed by atoms with E-state index in [1.165, 1.54) is 16.8 Å². The number of likely N-dealkylation sites (tertiary alicyclic amines) is 1. The summed E-state index contributed by atoms with van der Waals surface area (Å²) in [6, 6.07) is 7.33. The van der Waals surface area contributed by atoms with Crippen molar-refractivity contribution in [1.29, 1.82) is 0 Å². The molecule has 1 aromatic carbocycles. The molecule has 0 aliphatic carbocycles. The van der Waals surface area contributed by atoms with Crippen LogP contribution in [0.15, 0.2) is 35.1 Å². The zero-order valence-corrected chi connectivity index (χ0v) is 15.3. The van der Waals surface area contributed by atoms with Gasteiger partial charge in [-0.15, -0.1) is 12.4 Å².